The van der Waals surface area contributed by atoms with Gasteiger partial charge in [0.1, 0.15) is 0 Å². The molecule has 0 bridgehead atoms. The maximum atomic E-state index is 12.3. The molecule has 6 heteroatoms. The van der Waals surface area contributed by atoms with Crippen molar-refractivity contribution < 1.29 is 22.5 Å². The van der Waals surface area contributed by atoms with Crippen molar-refractivity contribution in [3.05, 3.63) is 29.3 Å². The molecule has 1 saturated carbocycles. The third-order valence-electron chi connectivity index (χ3n) is 3.84. The molecule has 1 aliphatic carbocycles. The van der Waals surface area contributed by atoms with E-state index in [0.29, 0.717) is 12.8 Å². The van der Waals surface area contributed by atoms with Crippen LogP contribution in [0, 0.1) is 13.8 Å². The van der Waals surface area contributed by atoms with Gasteiger partial charge in [0.15, 0.2) is 5.60 Å². The Labute approximate surface area is 118 Å². The first kappa shape index (κ1) is 15.0. The molecule has 1 N–H and O–H groups in total. The fourth-order valence-electron chi connectivity index (χ4n) is 2.41. The maximum absolute atomic E-state index is 12.3. The van der Waals surface area contributed by atoms with Crippen LogP contribution in [0.25, 0.3) is 0 Å². The lowest BCUT2D eigenvalue weighted by atomic mass is 10.0. The van der Waals surface area contributed by atoms with E-state index in [1.165, 1.54) is 12.1 Å². The molecule has 0 amide bonds. The molecule has 110 valence electrons. The predicted molar refractivity (Wildman–Crippen MR) is 73.0 cm³/mol. The highest BCUT2D eigenvalue weighted by Gasteiger charge is 2.46. The van der Waals surface area contributed by atoms with E-state index in [-0.39, 0.29) is 17.7 Å². The Morgan fingerprint density at radius 3 is 2.30 bits per heavy atom. The Bertz CT molecular complexity index is 627. The number of hydrogen-bond donors (Lipinski definition) is 1. The van der Waals surface area contributed by atoms with Gasteiger partial charge in [-0.25, -0.2) is 8.98 Å². The predicted octanol–water partition coefficient (Wildman–Crippen LogP) is 2.41. The molecule has 1 aromatic carbocycles. The Balaban J connectivity index is 2.35. The molecule has 20 heavy (non-hydrogen) atoms. The van der Waals surface area contributed by atoms with E-state index >= 15 is 0 Å². The molecular weight excluding hydrogens is 280 g/mol. The summed E-state index contributed by atoms with van der Waals surface area (Å²) < 4.78 is 29.7. The lowest BCUT2D eigenvalue weighted by molar-refractivity contribution is -0.154. The van der Waals surface area contributed by atoms with Gasteiger partial charge in [0.25, 0.3) is 10.1 Å². The molecule has 5 nitrogen and oxygen atoms in total. The van der Waals surface area contributed by atoms with Crippen LogP contribution >= 0.6 is 0 Å². The van der Waals surface area contributed by atoms with Crippen LogP contribution in [0.4, 0.5) is 0 Å². The Hall–Kier alpha value is -1.40. The molecule has 0 unspecified atom stereocenters. The second-order valence-corrected chi connectivity index (χ2v) is 6.84. The summed E-state index contributed by atoms with van der Waals surface area (Å²) in [6.07, 6.45) is 1.78. The van der Waals surface area contributed by atoms with E-state index in [2.05, 4.69) is 0 Å². The quantitative estimate of drug-likeness (QED) is 0.863. The van der Waals surface area contributed by atoms with Gasteiger partial charge in [0.2, 0.25) is 0 Å². The maximum Gasteiger partial charge on any atom is 0.337 e. The molecule has 0 aromatic heterocycles. The minimum atomic E-state index is -4.07. The number of rotatable bonds is 4. The molecule has 0 atom stereocenters. The van der Waals surface area contributed by atoms with Gasteiger partial charge in [0, 0.05) is 0 Å². The fraction of sp³-hybridized carbons (Fsp3) is 0.500. The number of benzene rings is 1. The van der Waals surface area contributed by atoms with Gasteiger partial charge >= 0.3 is 5.97 Å². The summed E-state index contributed by atoms with van der Waals surface area (Å²) >= 11 is 0. The van der Waals surface area contributed by atoms with Gasteiger partial charge in [-0.05, 0) is 62.8 Å². The third kappa shape index (κ3) is 2.71. The highest BCUT2D eigenvalue weighted by atomic mass is 32.2. The molecule has 1 aromatic rings. The van der Waals surface area contributed by atoms with E-state index in [4.69, 9.17) is 4.18 Å². The minimum Gasteiger partial charge on any atom is -0.479 e. The average molecular weight is 298 g/mol. The Morgan fingerprint density at radius 1 is 1.20 bits per heavy atom. The van der Waals surface area contributed by atoms with Crippen molar-refractivity contribution in [1.29, 1.82) is 0 Å². The highest BCUT2D eigenvalue weighted by molar-refractivity contribution is 7.86. The standard InChI is InChI=1S/C14H18O5S/c1-10-5-6-12(9-11(10)2)20(17,18)19-14(13(15)16)7-3-4-8-14/h5-6,9H,3-4,7-8H2,1-2H3,(H,15,16). The van der Waals surface area contributed by atoms with Crippen LogP contribution in [0.15, 0.2) is 23.1 Å². The van der Waals surface area contributed by atoms with Gasteiger partial charge in [-0.1, -0.05) is 6.07 Å². The van der Waals surface area contributed by atoms with Gasteiger partial charge in [-0.15, -0.1) is 0 Å². The summed E-state index contributed by atoms with van der Waals surface area (Å²) in [5.41, 5.74) is 0.195. The number of carbonyl (C=O) groups is 1. The highest BCUT2D eigenvalue weighted by Crippen LogP contribution is 2.36. The summed E-state index contributed by atoms with van der Waals surface area (Å²) in [6, 6.07) is 4.64. The summed E-state index contributed by atoms with van der Waals surface area (Å²) in [5.74, 6) is -1.21. The lowest BCUT2D eigenvalue weighted by Crippen LogP contribution is -2.40. The molecule has 1 fully saturated rings. The molecule has 0 heterocycles. The van der Waals surface area contributed by atoms with Crippen LogP contribution in [0.2, 0.25) is 0 Å². The van der Waals surface area contributed by atoms with Gasteiger partial charge in [0.05, 0.1) is 4.90 Å². The van der Waals surface area contributed by atoms with E-state index < -0.39 is 21.7 Å². The second-order valence-electron chi connectivity index (χ2n) is 5.29. The molecule has 0 spiro atoms. The molecular formula is C14H18O5S. The van der Waals surface area contributed by atoms with Crippen molar-refractivity contribution in [2.75, 3.05) is 0 Å². The smallest absolute Gasteiger partial charge is 0.337 e. The SMILES string of the molecule is Cc1ccc(S(=O)(=O)OC2(C(=O)O)CCCC2)cc1C. The second kappa shape index (κ2) is 5.18. The van der Waals surface area contributed by atoms with Gasteiger partial charge in [-0.2, -0.15) is 8.42 Å². The van der Waals surface area contributed by atoms with Crippen LogP contribution in [0.3, 0.4) is 0 Å². The lowest BCUT2D eigenvalue weighted by Gasteiger charge is -2.23. The summed E-state index contributed by atoms with van der Waals surface area (Å²) in [6.45, 7) is 3.68. The van der Waals surface area contributed by atoms with Crippen LogP contribution in [-0.4, -0.2) is 25.1 Å². The summed E-state index contributed by atoms with van der Waals surface area (Å²) in [7, 11) is -4.07. The van der Waals surface area contributed by atoms with Crippen LogP contribution in [-0.2, 0) is 19.1 Å². The van der Waals surface area contributed by atoms with E-state index in [0.717, 1.165) is 11.1 Å². The number of aliphatic carboxylic acids is 1. The van der Waals surface area contributed by atoms with Crippen molar-refractivity contribution in [2.24, 2.45) is 0 Å². The third-order valence-corrected chi connectivity index (χ3v) is 5.21. The van der Waals surface area contributed by atoms with Crippen molar-refractivity contribution in [1.82, 2.24) is 0 Å². The van der Waals surface area contributed by atoms with Crippen molar-refractivity contribution >= 4 is 16.1 Å². The van der Waals surface area contributed by atoms with E-state index in [1.54, 1.807) is 13.0 Å². The van der Waals surface area contributed by atoms with Crippen LogP contribution < -0.4 is 0 Å². The first-order chi connectivity index (χ1) is 9.27. The van der Waals surface area contributed by atoms with Crippen LogP contribution in [0.1, 0.15) is 36.8 Å². The zero-order chi connectivity index (χ0) is 15.0. The number of hydrogen-bond acceptors (Lipinski definition) is 4. The Kier molecular flexibility index (Phi) is 3.88. The van der Waals surface area contributed by atoms with Gasteiger partial charge < -0.3 is 5.11 Å². The largest absolute Gasteiger partial charge is 0.479 e. The Morgan fingerprint density at radius 2 is 1.80 bits per heavy atom. The fourth-order valence-corrected chi connectivity index (χ4v) is 3.72. The number of carboxylic acid groups (broad SMARTS) is 1. The zero-order valence-electron chi connectivity index (χ0n) is 11.5. The monoisotopic (exact) mass is 298 g/mol. The van der Waals surface area contributed by atoms with Crippen molar-refractivity contribution in [3.63, 3.8) is 0 Å². The molecule has 2 rings (SSSR count). The van der Waals surface area contributed by atoms with E-state index in [1.807, 2.05) is 6.92 Å². The molecule has 0 radical (unpaired) electrons. The topological polar surface area (TPSA) is 80.7 Å². The molecule has 0 saturated heterocycles. The van der Waals surface area contributed by atoms with Gasteiger partial charge in [-0.3, -0.25) is 0 Å². The first-order valence-electron chi connectivity index (χ1n) is 6.53. The summed E-state index contributed by atoms with van der Waals surface area (Å²) in [4.78, 5) is 11.4. The first-order valence-corrected chi connectivity index (χ1v) is 7.94. The van der Waals surface area contributed by atoms with Crippen molar-refractivity contribution in [3.8, 4) is 0 Å². The summed E-state index contributed by atoms with van der Waals surface area (Å²) in [5, 5.41) is 9.28. The number of aryl methyl sites for hydroxylation is 2. The van der Waals surface area contributed by atoms with Crippen molar-refractivity contribution in [2.45, 2.75) is 50.0 Å². The zero-order valence-corrected chi connectivity index (χ0v) is 12.4. The minimum absolute atomic E-state index is 0.00752. The molecule has 0 aliphatic heterocycles. The normalized spacial score (nSPS) is 18.1. The van der Waals surface area contributed by atoms with E-state index in [9.17, 15) is 18.3 Å². The average Bonchev–Trinajstić information content (AvgIpc) is 2.81. The molecule has 1 aliphatic rings. The number of carboxylic acids is 1. The van der Waals surface area contributed by atoms with Crippen LogP contribution in [0.5, 0.6) is 0 Å².